The Morgan fingerprint density at radius 3 is 2.95 bits per heavy atom. The van der Waals surface area contributed by atoms with Crippen molar-refractivity contribution in [3.05, 3.63) is 30.1 Å². The molecule has 0 saturated heterocycles. The molecule has 0 saturated carbocycles. The zero-order chi connectivity index (χ0) is 14.8. The minimum absolute atomic E-state index is 0.145. The lowest BCUT2D eigenvalue weighted by Gasteiger charge is -2.04. The van der Waals surface area contributed by atoms with Crippen molar-refractivity contribution < 1.29 is 14.7 Å². The van der Waals surface area contributed by atoms with E-state index in [0.29, 0.717) is 16.7 Å². The molecule has 3 aromatic rings. The van der Waals surface area contributed by atoms with E-state index in [4.69, 9.17) is 5.11 Å². The fourth-order valence-electron chi connectivity index (χ4n) is 1.72. The minimum Gasteiger partial charge on any atom is -0.476 e. The lowest BCUT2D eigenvalue weighted by molar-refractivity contribution is -0.116. The lowest BCUT2D eigenvalue weighted by Crippen LogP contribution is -2.19. The first-order valence-corrected chi connectivity index (χ1v) is 6.51. The number of carboxylic acids is 1. The Hall–Kier alpha value is -2.88. The molecule has 9 nitrogen and oxygen atoms in total. The fourth-order valence-corrected chi connectivity index (χ4v) is 2.27. The van der Waals surface area contributed by atoms with E-state index in [0.717, 1.165) is 16.4 Å². The van der Waals surface area contributed by atoms with Crippen LogP contribution in [0.2, 0.25) is 0 Å². The number of nitrogens with zero attached hydrogens (tertiary/aromatic N) is 5. The summed E-state index contributed by atoms with van der Waals surface area (Å²) >= 11 is 1.06. The second-order valence-corrected chi connectivity index (χ2v) is 4.62. The van der Waals surface area contributed by atoms with E-state index in [1.54, 1.807) is 18.2 Å². The van der Waals surface area contributed by atoms with Crippen molar-refractivity contribution in [3.8, 4) is 0 Å². The van der Waals surface area contributed by atoms with Crippen LogP contribution in [0.25, 0.3) is 11.0 Å². The van der Waals surface area contributed by atoms with Gasteiger partial charge in [0, 0.05) is 0 Å². The van der Waals surface area contributed by atoms with Crippen LogP contribution in [0, 0.1) is 0 Å². The largest absolute Gasteiger partial charge is 0.476 e. The van der Waals surface area contributed by atoms with Crippen LogP contribution in [0.1, 0.15) is 10.5 Å². The maximum atomic E-state index is 11.9. The van der Waals surface area contributed by atoms with Crippen LogP contribution < -0.4 is 5.32 Å². The molecule has 2 heterocycles. The fraction of sp³-hybridized carbons (Fsp3) is 0.0909. The number of carboxylic acid groups (broad SMARTS) is 1. The van der Waals surface area contributed by atoms with Gasteiger partial charge in [-0.3, -0.25) is 4.79 Å². The number of hydrogen-bond donors (Lipinski definition) is 2. The molecule has 1 amide bonds. The predicted molar refractivity (Wildman–Crippen MR) is 73.0 cm³/mol. The molecule has 0 atom stereocenters. The number of aromatic nitrogens is 5. The lowest BCUT2D eigenvalue weighted by atomic mass is 10.2. The molecule has 2 aromatic heterocycles. The number of nitrogens with one attached hydrogen (secondary N) is 1. The number of fused-ring (bicyclic) bond motifs is 1. The van der Waals surface area contributed by atoms with Crippen molar-refractivity contribution in [1.29, 1.82) is 0 Å². The van der Waals surface area contributed by atoms with Gasteiger partial charge in [0.25, 0.3) is 0 Å². The summed E-state index contributed by atoms with van der Waals surface area (Å²) in [6.07, 6.45) is 1.19. The van der Waals surface area contributed by atoms with Gasteiger partial charge in [-0.1, -0.05) is 11.3 Å². The summed E-state index contributed by atoms with van der Waals surface area (Å²) < 4.78 is 9.34. The van der Waals surface area contributed by atoms with E-state index >= 15 is 0 Å². The molecule has 21 heavy (non-hydrogen) atoms. The number of anilines is 1. The standard InChI is InChI=1S/C11H8N6O3S/c18-9(5-17-4-8(11(19)20)13-16-17)12-6-2-1-3-7-10(6)15-21-14-7/h1-4H,5H2,(H,12,18)(H,19,20). The SMILES string of the molecule is O=C(Cn1cc(C(=O)O)nn1)Nc1cccc2nsnc12. The molecule has 2 N–H and O–H groups in total. The van der Waals surface area contributed by atoms with Gasteiger partial charge in [0.2, 0.25) is 5.91 Å². The van der Waals surface area contributed by atoms with Gasteiger partial charge in [-0.15, -0.1) is 5.10 Å². The van der Waals surface area contributed by atoms with E-state index in [2.05, 4.69) is 24.4 Å². The number of carbonyl (C=O) groups excluding carboxylic acids is 1. The summed E-state index contributed by atoms with van der Waals surface area (Å²) in [6.45, 7) is -0.145. The summed E-state index contributed by atoms with van der Waals surface area (Å²) in [4.78, 5) is 22.6. The average Bonchev–Trinajstić information content (AvgIpc) is 3.07. The van der Waals surface area contributed by atoms with Gasteiger partial charge < -0.3 is 10.4 Å². The van der Waals surface area contributed by atoms with E-state index < -0.39 is 5.97 Å². The van der Waals surface area contributed by atoms with E-state index in [1.165, 1.54) is 6.20 Å². The second-order valence-electron chi connectivity index (χ2n) is 4.09. The van der Waals surface area contributed by atoms with Gasteiger partial charge in [-0.05, 0) is 12.1 Å². The van der Waals surface area contributed by atoms with Gasteiger partial charge >= 0.3 is 5.97 Å². The molecular weight excluding hydrogens is 296 g/mol. The molecule has 0 spiro atoms. The Labute approximate surface area is 121 Å². The number of aromatic carboxylic acids is 1. The Kier molecular flexibility index (Phi) is 3.28. The van der Waals surface area contributed by atoms with Crippen LogP contribution in [0.3, 0.4) is 0 Å². The average molecular weight is 304 g/mol. The van der Waals surface area contributed by atoms with Crippen molar-refractivity contribution in [2.24, 2.45) is 0 Å². The molecule has 0 aliphatic heterocycles. The number of carbonyl (C=O) groups is 2. The molecule has 0 fully saturated rings. The summed E-state index contributed by atoms with van der Waals surface area (Å²) in [5.74, 6) is -1.56. The minimum atomic E-state index is -1.19. The second kappa shape index (κ2) is 5.25. The molecule has 0 bridgehead atoms. The predicted octanol–water partition coefficient (Wildman–Crippen LogP) is 0.620. The van der Waals surface area contributed by atoms with Crippen LogP contribution >= 0.6 is 11.7 Å². The van der Waals surface area contributed by atoms with Crippen molar-refractivity contribution >= 4 is 40.3 Å². The number of amides is 1. The summed E-state index contributed by atoms with van der Waals surface area (Å²) in [5.41, 5.74) is 1.64. The first-order chi connectivity index (χ1) is 10.1. The third-order valence-electron chi connectivity index (χ3n) is 2.62. The quantitative estimate of drug-likeness (QED) is 0.724. The Balaban J connectivity index is 1.74. The normalized spacial score (nSPS) is 10.7. The third kappa shape index (κ3) is 2.69. The van der Waals surface area contributed by atoms with E-state index in [-0.39, 0.29) is 18.1 Å². The van der Waals surface area contributed by atoms with Gasteiger partial charge in [-0.2, -0.15) is 8.75 Å². The van der Waals surface area contributed by atoms with Crippen molar-refractivity contribution in [2.75, 3.05) is 5.32 Å². The van der Waals surface area contributed by atoms with Crippen LogP contribution in [0.5, 0.6) is 0 Å². The first-order valence-electron chi connectivity index (χ1n) is 5.78. The van der Waals surface area contributed by atoms with Crippen LogP contribution in [-0.2, 0) is 11.3 Å². The first kappa shape index (κ1) is 13.1. The number of hydrogen-bond acceptors (Lipinski definition) is 7. The molecule has 3 rings (SSSR count). The van der Waals surface area contributed by atoms with Crippen LogP contribution in [-0.4, -0.2) is 40.7 Å². The highest BCUT2D eigenvalue weighted by Gasteiger charge is 2.12. The molecular formula is C11H8N6O3S. The summed E-state index contributed by atoms with van der Waals surface area (Å²) in [6, 6.07) is 5.27. The third-order valence-corrected chi connectivity index (χ3v) is 3.17. The molecule has 106 valence electrons. The molecule has 0 aliphatic rings. The Morgan fingerprint density at radius 2 is 2.19 bits per heavy atom. The van der Waals surface area contributed by atoms with Gasteiger partial charge in [0.15, 0.2) is 5.69 Å². The smallest absolute Gasteiger partial charge is 0.358 e. The zero-order valence-corrected chi connectivity index (χ0v) is 11.2. The van der Waals surface area contributed by atoms with Gasteiger partial charge in [0.05, 0.1) is 23.6 Å². The van der Waals surface area contributed by atoms with Crippen molar-refractivity contribution in [2.45, 2.75) is 6.54 Å². The molecule has 10 heteroatoms. The maximum absolute atomic E-state index is 11.9. The highest BCUT2D eigenvalue weighted by atomic mass is 32.1. The Morgan fingerprint density at radius 1 is 1.33 bits per heavy atom. The molecule has 1 aromatic carbocycles. The topological polar surface area (TPSA) is 123 Å². The molecule has 0 unspecified atom stereocenters. The zero-order valence-electron chi connectivity index (χ0n) is 10.4. The number of benzene rings is 1. The number of rotatable bonds is 4. The van der Waals surface area contributed by atoms with Crippen LogP contribution in [0.15, 0.2) is 24.4 Å². The van der Waals surface area contributed by atoms with E-state index in [1.807, 2.05) is 0 Å². The van der Waals surface area contributed by atoms with Crippen molar-refractivity contribution in [3.63, 3.8) is 0 Å². The monoisotopic (exact) mass is 304 g/mol. The Bertz CT molecular complexity index is 826. The highest BCUT2D eigenvalue weighted by Crippen LogP contribution is 2.20. The molecule has 0 radical (unpaired) electrons. The molecule has 0 aliphatic carbocycles. The maximum Gasteiger partial charge on any atom is 0.358 e. The summed E-state index contributed by atoms with van der Waals surface area (Å²) in [7, 11) is 0. The highest BCUT2D eigenvalue weighted by molar-refractivity contribution is 7.00. The van der Waals surface area contributed by atoms with Crippen LogP contribution in [0.4, 0.5) is 5.69 Å². The van der Waals surface area contributed by atoms with Crippen molar-refractivity contribution in [1.82, 2.24) is 23.7 Å². The van der Waals surface area contributed by atoms with Gasteiger partial charge in [-0.25, -0.2) is 9.48 Å². The summed E-state index contributed by atoms with van der Waals surface area (Å²) in [5, 5.41) is 18.4. The van der Waals surface area contributed by atoms with E-state index in [9.17, 15) is 9.59 Å². The van der Waals surface area contributed by atoms with Gasteiger partial charge in [0.1, 0.15) is 17.6 Å².